The lowest BCUT2D eigenvalue weighted by atomic mass is 10.1. The minimum Gasteiger partial charge on any atom is -0.301 e. The fourth-order valence-electron chi connectivity index (χ4n) is 3.72. The molecule has 0 fully saturated rings. The van der Waals surface area contributed by atoms with Crippen molar-refractivity contribution in [1.82, 2.24) is 14.5 Å². The molecule has 0 N–H and O–H groups in total. The molecule has 0 aliphatic rings. The summed E-state index contributed by atoms with van der Waals surface area (Å²) < 4.78 is 3.21. The van der Waals surface area contributed by atoms with Gasteiger partial charge in [0.2, 0.25) is 0 Å². The molecule has 2 heterocycles. The maximum atomic E-state index is 4.71. The highest BCUT2D eigenvalue weighted by atomic mass is 79.9. The molecule has 0 spiro atoms. The van der Waals surface area contributed by atoms with E-state index in [-0.39, 0.29) is 5.25 Å². The summed E-state index contributed by atoms with van der Waals surface area (Å²) in [6.07, 6.45) is 3.85. The number of hydrogen-bond donors (Lipinski definition) is 0. The van der Waals surface area contributed by atoms with Crippen molar-refractivity contribution < 1.29 is 0 Å². The summed E-state index contributed by atoms with van der Waals surface area (Å²) in [4.78, 5) is 9.40. The summed E-state index contributed by atoms with van der Waals surface area (Å²) in [7, 11) is 0. The van der Waals surface area contributed by atoms with Gasteiger partial charge in [-0.2, -0.15) is 0 Å². The smallest absolute Gasteiger partial charge is 0.149 e. The molecule has 3 aromatic carbocycles. The second-order valence-electron chi connectivity index (χ2n) is 7.30. The first-order valence-corrected chi connectivity index (χ1v) is 11.8. The minimum absolute atomic E-state index is 0.277. The fraction of sp³-hybridized carbons (Fsp3) is 0.0769. The molecule has 1 unspecified atom stereocenters. The van der Waals surface area contributed by atoms with Gasteiger partial charge in [-0.1, -0.05) is 88.4 Å². The molecule has 5 aromatic rings. The molecule has 3 nitrogen and oxygen atoms in total. The number of aromatic nitrogens is 3. The van der Waals surface area contributed by atoms with Gasteiger partial charge in [-0.25, -0.2) is 9.97 Å². The average Bonchev–Trinajstić information content (AvgIpc) is 3.21. The standard InChI is InChI=1S/C26H20BrN3S/c1-18(19-8-4-2-5-9-19)31-26-24-23(20-10-6-3-7-11-20)16-30(25(24)28-17-29-26)22-14-12-21(27)13-15-22/h2-18H,1H3. The van der Waals surface area contributed by atoms with E-state index < -0.39 is 0 Å². The van der Waals surface area contributed by atoms with E-state index in [4.69, 9.17) is 9.97 Å². The van der Waals surface area contributed by atoms with E-state index in [1.54, 1.807) is 18.1 Å². The number of nitrogens with zero attached hydrogens (tertiary/aromatic N) is 3. The van der Waals surface area contributed by atoms with Gasteiger partial charge in [0, 0.05) is 27.2 Å². The number of thioether (sulfide) groups is 1. The maximum Gasteiger partial charge on any atom is 0.149 e. The van der Waals surface area contributed by atoms with E-state index in [1.165, 1.54) is 5.56 Å². The van der Waals surface area contributed by atoms with E-state index in [1.807, 2.05) is 6.07 Å². The van der Waals surface area contributed by atoms with Gasteiger partial charge in [0.15, 0.2) is 0 Å². The van der Waals surface area contributed by atoms with Crippen LogP contribution in [0.5, 0.6) is 0 Å². The Morgan fingerprint density at radius 2 is 1.52 bits per heavy atom. The largest absolute Gasteiger partial charge is 0.301 e. The van der Waals surface area contributed by atoms with Crippen LogP contribution in [-0.4, -0.2) is 14.5 Å². The zero-order valence-corrected chi connectivity index (χ0v) is 19.3. The summed E-state index contributed by atoms with van der Waals surface area (Å²) in [5.74, 6) is 0. The first-order chi connectivity index (χ1) is 15.2. The van der Waals surface area contributed by atoms with Gasteiger partial charge in [-0.15, -0.1) is 0 Å². The van der Waals surface area contributed by atoms with Gasteiger partial charge in [-0.3, -0.25) is 0 Å². The molecule has 0 bridgehead atoms. The highest BCUT2D eigenvalue weighted by Gasteiger charge is 2.19. The topological polar surface area (TPSA) is 30.7 Å². The van der Waals surface area contributed by atoms with E-state index in [2.05, 4.69) is 112 Å². The van der Waals surface area contributed by atoms with Crippen molar-refractivity contribution in [2.45, 2.75) is 17.2 Å². The SMILES string of the molecule is CC(Sc1ncnc2c1c(-c1ccccc1)cn2-c1ccc(Br)cc1)c1ccccc1. The van der Waals surface area contributed by atoms with Crippen LogP contribution < -0.4 is 0 Å². The minimum atomic E-state index is 0.277. The van der Waals surface area contributed by atoms with Crippen molar-refractivity contribution in [2.24, 2.45) is 0 Å². The zero-order chi connectivity index (χ0) is 21.2. The molecular weight excluding hydrogens is 466 g/mol. The number of benzene rings is 3. The third kappa shape index (κ3) is 4.03. The molecule has 0 amide bonds. The monoisotopic (exact) mass is 485 g/mol. The summed E-state index contributed by atoms with van der Waals surface area (Å²) in [5.41, 5.74) is 5.57. The lowest BCUT2D eigenvalue weighted by Gasteiger charge is -2.12. The molecule has 0 aliphatic carbocycles. The highest BCUT2D eigenvalue weighted by molar-refractivity contribution is 9.10. The van der Waals surface area contributed by atoms with Crippen LogP contribution in [0.4, 0.5) is 0 Å². The van der Waals surface area contributed by atoms with Crippen LogP contribution in [0, 0.1) is 0 Å². The zero-order valence-electron chi connectivity index (χ0n) is 16.9. The van der Waals surface area contributed by atoms with Crippen LogP contribution in [-0.2, 0) is 0 Å². The van der Waals surface area contributed by atoms with E-state index in [0.717, 1.165) is 37.3 Å². The molecule has 1 atom stereocenters. The molecule has 0 aliphatic heterocycles. The predicted octanol–water partition coefficient (Wildman–Crippen LogP) is 7.70. The van der Waals surface area contributed by atoms with E-state index in [0.29, 0.717) is 0 Å². The molecule has 31 heavy (non-hydrogen) atoms. The van der Waals surface area contributed by atoms with Crippen LogP contribution >= 0.6 is 27.7 Å². The summed E-state index contributed by atoms with van der Waals surface area (Å²) in [6.45, 7) is 2.22. The molecule has 0 saturated heterocycles. The van der Waals surface area contributed by atoms with Crippen LogP contribution in [0.15, 0.2) is 107 Å². The van der Waals surface area contributed by atoms with Gasteiger partial charge in [-0.05, 0) is 42.3 Å². The molecule has 152 valence electrons. The Balaban J connectivity index is 1.69. The first kappa shape index (κ1) is 20.0. The van der Waals surface area contributed by atoms with Crippen LogP contribution in [0.1, 0.15) is 17.7 Å². The fourth-order valence-corrected chi connectivity index (χ4v) is 5.04. The number of rotatable bonds is 5. The average molecular weight is 486 g/mol. The van der Waals surface area contributed by atoms with Crippen molar-refractivity contribution in [3.8, 4) is 16.8 Å². The Labute approximate surface area is 194 Å². The normalized spacial score (nSPS) is 12.2. The van der Waals surface area contributed by atoms with Gasteiger partial charge in [0.05, 0.1) is 5.39 Å². The third-order valence-corrected chi connectivity index (χ3v) is 6.98. The first-order valence-electron chi connectivity index (χ1n) is 10.1. The molecule has 5 heteroatoms. The van der Waals surface area contributed by atoms with E-state index >= 15 is 0 Å². The Morgan fingerprint density at radius 1 is 0.839 bits per heavy atom. The molecule has 0 saturated carbocycles. The number of fused-ring (bicyclic) bond motifs is 1. The number of halogens is 1. The van der Waals surface area contributed by atoms with Crippen LogP contribution in [0.3, 0.4) is 0 Å². The second kappa shape index (κ2) is 8.69. The van der Waals surface area contributed by atoms with Crippen molar-refractivity contribution in [3.63, 3.8) is 0 Å². The van der Waals surface area contributed by atoms with Crippen molar-refractivity contribution in [1.29, 1.82) is 0 Å². The number of hydrogen-bond acceptors (Lipinski definition) is 3. The van der Waals surface area contributed by atoms with Crippen molar-refractivity contribution >= 4 is 38.7 Å². The Kier molecular flexibility index (Phi) is 5.62. The lowest BCUT2D eigenvalue weighted by Crippen LogP contribution is -1.95. The Bertz CT molecular complexity index is 1320. The molecule has 2 aromatic heterocycles. The molecular formula is C26H20BrN3S. The summed E-state index contributed by atoms with van der Waals surface area (Å²) in [6, 6.07) is 29.3. The molecule has 5 rings (SSSR count). The third-order valence-electron chi connectivity index (χ3n) is 5.30. The lowest BCUT2D eigenvalue weighted by molar-refractivity contribution is 1.03. The van der Waals surface area contributed by atoms with E-state index in [9.17, 15) is 0 Å². The van der Waals surface area contributed by atoms with Crippen molar-refractivity contribution in [3.05, 3.63) is 107 Å². The second-order valence-corrected chi connectivity index (χ2v) is 9.55. The summed E-state index contributed by atoms with van der Waals surface area (Å²) in [5, 5.41) is 2.36. The van der Waals surface area contributed by atoms with Crippen molar-refractivity contribution in [2.75, 3.05) is 0 Å². The van der Waals surface area contributed by atoms with Gasteiger partial charge in [0.1, 0.15) is 17.0 Å². The van der Waals surface area contributed by atoms with Crippen LogP contribution in [0.2, 0.25) is 0 Å². The predicted molar refractivity (Wildman–Crippen MR) is 133 cm³/mol. The van der Waals surface area contributed by atoms with Gasteiger partial charge in [0.25, 0.3) is 0 Å². The Hall–Kier alpha value is -2.89. The summed E-state index contributed by atoms with van der Waals surface area (Å²) >= 11 is 5.31. The van der Waals surface area contributed by atoms with Gasteiger partial charge >= 0.3 is 0 Å². The maximum absolute atomic E-state index is 4.71. The van der Waals surface area contributed by atoms with Crippen LogP contribution in [0.25, 0.3) is 27.8 Å². The van der Waals surface area contributed by atoms with Gasteiger partial charge < -0.3 is 4.57 Å². The molecule has 0 radical (unpaired) electrons. The Morgan fingerprint density at radius 3 is 2.23 bits per heavy atom. The highest BCUT2D eigenvalue weighted by Crippen LogP contribution is 2.41. The quantitative estimate of drug-likeness (QED) is 0.188.